The Morgan fingerprint density at radius 1 is 1.12 bits per heavy atom. The number of hydrogen-bond acceptors (Lipinski definition) is 6. The van der Waals surface area contributed by atoms with Crippen LogP contribution >= 0.6 is 11.8 Å². The predicted octanol–water partition coefficient (Wildman–Crippen LogP) is 1.72. The summed E-state index contributed by atoms with van der Waals surface area (Å²) < 4.78 is 1.29. The molecular weight excluding hydrogens is 328 g/mol. The minimum Gasteiger partial charge on any atom is -0.508 e. The van der Waals surface area contributed by atoms with Crippen molar-refractivity contribution >= 4 is 28.4 Å². The van der Waals surface area contributed by atoms with Gasteiger partial charge >= 0.3 is 0 Å². The minimum atomic E-state index is -0.381. The first-order valence-electron chi connectivity index (χ1n) is 7.28. The smallest absolute Gasteiger partial charge is 0.266 e. The highest BCUT2D eigenvalue weighted by Crippen LogP contribution is 2.29. The Kier molecular flexibility index (Phi) is 3.40. The molecule has 0 saturated heterocycles. The number of rotatable bonds is 3. The van der Waals surface area contributed by atoms with E-state index in [1.54, 1.807) is 24.3 Å². The van der Waals surface area contributed by atoms with Crippen LogP contribution in [-0.2, 0) is 0 Å². The van der Waals surface area contributed by atoms with Crippen LogP contribution < -0.4 is 5.56 Å². The van der Waals surface area contributed by atoms with E-state index in [9.17, 15) is 14.7 Å². The number of phenols is 1. The number of aliphatic hydroxyl groups is 1. The van der Waals surface area contributed by atoms with Crippen molar-refractivity contribution in [3.8, 4) is 11.4 Å². The summed E-state index contributed by atoms with van der Waals surface area (Å²) in [4.78, 5) is 30.6. The standard InChI is InChI=1S/C17H12N2O4S/c20-5-6-24-10-2-3-11-13(8-10)18-16-15(22)12-7-9(21)1-4-14(12)19(16)17(11)23/h1-4,7-8,20-21H,5-6H2. The summed E-state index contributed by atoms with van der Waals surface area (Å²) in [5.74, 6) is 0.180. The Morgan fingerprint density at radius 2 is 1.96 bits per heavy atom. The highest BCUT2D eigenvalue weighted by Gasteiger charge is 2.30. The van der Waals surface area contributed by atoms with E-state index in [1.165, 1.54) is 28.5 Å². The Hall–Kier alpha value is -2.64. The third-order valence-electron chi connectivity index (χ3n) is 3.87. The number of aromatic nitrogens is 2. The van der Waals surface area contributed by atoms with Gasteiger partial charge in [-0.05, 0) is 36.4 Å². The lowest BCUT2D eigenvalue weighted by atomic mass is 10.1. The first-order valence-corrected chi connectivity index (χ1v) is 8.27. The minimum absolute atomic E-state index is 0.0322. The zero-order valence-corrected chi connectivity index (χ0v) is 13.2. The summed E-state index contributed by atoms with van der Waals surface area (Å²) in [5, 5.41) is 18.9. The zero-order valence-electron chi connectivity index (χ0n) is 12.4. The zero-order chi connectivity index (χ0) is 16.8. The third-order valence-corrected chi connectivity index (χ3v) is 4.84. The highest BCUT2D eigenvalue weighted by atomic mass is 32.2. The average Bonchev–Trinajstić information content (AvgIpc) is 2.85. The number of nitrogens with zero attached hydrogens (tertiary/aromatic N) is 2. The van der Waals surface area contributed by atoms with Crippen molar-refractivity contribution in [2.75, 3.05) is 12.4 Å². The van der Waals surface area contributed by atoms with Crippen LogP contribution in [0.4, 0.5) is 0 Å². The van der Waals surface area contributed by atoms with Crippen molar-refractivity contribution < 1.29 is 15.0 Å². The number of ketones is 1. The maximum Gasteiger partial charge on any atom is 0.266 e. The summed E-state index contributed by atoms with van der Waals surface area (Å²) >= 11 is 1.45. The van der Waals surface area contributed by atoms with Crippen LogP contribution in [-0.4, -0.2) is 37.9 Å². The van der Waals surface area contributed by atoms with E-state index < -0.39 is 0 Å². The number of hydrogen-bond donors (Lipinski definition) is 2. The van der Waals surface area contributed by atoms with Crippen LogP contribution in [0.1, 0.15) is 16.2 Å². The predicted molar refractivity (Wildman–Crippen MR) is 90.2 cm³/mol. The second-order valence-electron chi connectivity index (χ2n) is 5.36. The first kappa shape index (κ1) is 14.9. The molecule has 3 aromatic rings. The number of fused-ring (bicyclic) bond motifs is 4. The first-order chi connectivity index (χ1) is 11.6. The molecule has 1 aliphatic rings. The van der Waals surface area contributed by atoms with Crippen molar-refractivity contribution in [3.05, 3.63) is 58.1 Å². The van der Waals surface area contributed by atoms with E-state index in [-0.39, 0.29) is 35.1 Å². The largest absolute Gasteiger partial charge is 0.508 e. The molecule has 2 N–H and O–H groups in total. The van der Waals surface area contributed by atoms with Gasteiger partial charge in [0.15, 0.2) is 5.82 Å². The van der Waals surface area contributed by atoms with Crippen LogP contribution in [0.5, 0.6) is 5.75 Å². The van der Waals surface area contributed by atoms with Gasteiger partial charge in [-0.15, -0.1) is 11.8 Å². The molecule has 120 valence electrons. The fraction of sp³-hybridized carbons (Fsp3) is 0.118. The van der Waals surface area contributed by atoms with Gasteiger partial charge in [0.25, 0.3) is 5.56 Å². The maximum absolute atomic E-state index is 12.8. The topological polar surface area (TPSA) is 92.4 Å². The Bertz CT molecular complexity index is 1060. The molecule has 0 spiro atoms. The summed E-state index contributed by atoms with van der Waals surface area (Å²) in [7, 11) is 0. The van der Waals surface area contributed by atoms with Gasteiger partial charge in [-0.1, -0.05) is 0 Å². The van der Waals surface area contributed by atoms with Crippen LogP contribution in [0.25, 0.3) is 16.6 Å². The molecule has 4 rings (SSSR count). The number of carbonyl (C=O) groups excluding carboxylic acids is 1. The molecular formula is C17H12N2O4S. The van der Waals surface area contributed by atoms with Gasteiger partial charge in [0, 0.05) is 10.6 Å². The second-order valence-corrected chi connectivity index (χ2v) is 6.53. The van der Waals surface area contributed by atoms with E-state index in [0.717, 1.165) is 4.90 Å². The molecule has 0 amide bonds. The van der Waals surface area contributed by atoms with Gasteiger partial charge in [0.1, 0.15) is 5.75 Å². The van der Waals surface area contributed by atoms with Crippen LogP contribution in [0, 0.1) is 0 Å². The van der Waals surface area contributed by atoms with Gasteiger partial charge in [-0.3, -0.25) is 14.2 Å². The Labute approximate surface area is 140 Å². The monoisotopic (exact) mass is 340 g/mol. The molecule has 2 heterocycles. The lowest BCUT2D eigenvalue weighted by Crippen LogP contribution is -2.21. The molecule has 24 heavy (non-hydrogen) atoms. The summed E-state index contributed by atoms with van der Waals surface area (Å²) in [5.41, 5.74) is 0.835. The van der Waals surface area contributed by atoms with Gasteiger partial charge in [-0.25, -0.2) is 4.98 Å². The fourth-order valence-electron chi connectivity index (χ4n) is 2.82. The van der Waals surface area contributed by atoms with E-state index in [0.29, 0.717) is 22.3 Å². The average molecular weight is 340 g/mol. The van der Waals surface area contributed by atoms with Crippen LogP contribution in [0.2, 0.25) is 0 Å². The molecule has 6 nitrogen and oxygen atoms in total. The SMILES string of the molecule is O=C1c2cc(O)ccc2-n2c1nc1cc(SCCO)ccc1c2=O. The van der Waals surface area contributed by atoms with Crippen molar-refractivity contribution in [1.29, 1.82) is 0 Å². The summed E-state index contributed by atoms with van der Waals surface area (Å²) in [6.45, 7) is 0.0558. The Balaban J connectivity index is 1.96. The van der Waals surface area contributed by atoms with E-state index in [1.807, 2.05) is 0 Å². The molecule has 0 unspecified atom stereocenters. The number of aromatic hydroxyl groups is 1. The van der Waals surface area contributed by atoms with Crippen molar-refractivity contribution in [2.45, 2.75) is 4.90 Å². The van der Waals surface area contributed by atoms with Gasteiger partial charge in [-0.2, -0.15) is 0 Å². The van der Waals surface area contributed by atoms with Crippen molar-refractivity contribution in [2.24, 2.45) is 0 Å². The number of benzene rings is 2. The maximum atomic E-state index is 12.8. The number of thioether (sulfide) groups is 1. The summed E-state index contributed by atoms with van der Waals surface area (Å²) in [6.07, 6.45) is 0. The molecule has 2 aromatic carbocycles. The summed E-state index contributed by atoms with van der Waals surface area (Å²) in [6, 6.07) is 9.55. The number of aliphatic hydroxyl groups excluding tert-OH is 1. The Morgan fingerprint density at radius 3 is 2.75 bits per heavy atom. The lowest BCUT2D eigenvalue weighted by Gasteiger charge is -2.07. The van der Waals surface area contributed by atoms with Crippen molar-refractivity contribution in [1.82, 2.24) is 9.55 Å². The molecule has 0 saturated carbocycles. The van der Waals surface area contributed by atoms with Gasteiger partial charge in [0.2, 0.25) is 5.78 Å². The molecule has 0 bridgehead atoms. The van der Waals surface area contributed by atoms with E-state index >= 15 is 0 Å². The van der Waals surface area contributed by atoms with E-state index in [2.05, 4.69) is 4.98 Å². The van der Waals surface area contributed by atoms with Gasteiger partial charge in [0.05, 0.1) is 28.8 Å². The van der Waals surface area contributed by atoms with E-state index in [4.69, 9.17) is 5.11 Å². The quantitative estimate of drug-likeness (QED) is 0.552. The molecule has 1 aliphatic heterocycles. The molecule has 0 radical (unpaired) electrons. The van der Waals surface area contributed by atoms with Crippen molar-refractivity contribution in [3.63, 3.8) is 0 Å². The molecule has 7 heteroatoms. The number of phenolic OH excluding ortho intramolecular Hbond substituents is 1. The number of carbonyl (C=O) groups is 1. The second kappa shape index (κ2) is 5.47. The van der Waals surface area contributed by atoms with Crippen LogP contribution in [0.15, 0.2) is 46.1 Å². The molecule has 0 aliphatic carbocycles. The molecule has 0 atom stereocenters. The third kappa shape index (κ3) is 2.13. The highest BCUT2D eigenvalue weighted by molar-refractivity contribution is 7.99. The lowest BCUT2D eigenvalue weighted by molar-refractivity contribution is 0.103. The molecule has 0 fully saturated rings. The normalized spacial score (nSPS) is 12.5. The van der Waals surface area contributed by atoms with Crippen LogP contribution in [0.3, 0.4) is 0 Å². The molecule has 1 aromatic heterocycles. The fourth-order valence-corrected chi connectivity index (χ4v) is 3.50. The van der Waals surface area contributed by atoms with Gasteiger partial charge < -0.3 is 10.2 Å².